The summed E-state index contributed by atoms with van der Waals surface area (Å²) in [6.07, 6.45) is -1.24. The Labute approximate surface area is 197 Å². The molecular formula is C24H30N4O6. The Hall–Kier alpha value is -3.76. The Morgan fingerprint density at radius 2 is 1.44 bits per heavy atom. The minimum atomic E-state index is -1.49. The largest absolute Gasteiger partial charge is 0.465 e. The lowest BCUT2D eigenvalue weighted by Gasteiger charge is -2.25. The van der Waals surface area contributed by atoms with Crippen LogP contribution in [0, 0.1) is 0 Å². The molecule has 2 rings (SSSR count). The number of imide groups is 1. The Kier molecular flexibility index (Phi) is 11.2. The summed E-state index contributed by atoms with van der Waals surface area (Å²) >= 11 is 0. The Morgan fingerprint density at radius 3 is 1.97 bits per heavy atom. The predicted octanol–water partition coefficient (Wildman–Crippen LogP) is 1.76. The molecule has 6 N–H and O–H groups in total. The van der Waals surface area contributed by atoms with Gasteiger partial charge in [0.25, 0.3) is 0 Å². The van der Waals surface area contributed by atoms with Crippen molar-refractivity contribution in [1.29, 1.82) is 0 Å². The quantitative estimate of drug-likeness (QED) is 0.139. The van der Waals surface area contributed by atoms with Crippen molar-refractivity contribution in [1.82, 2.24) is 21.3 Å². The highest BCUT2D eigenvalue weighted by Crippen LogP contribution is 2.07. The van der Waals surface area contributed by atoms with Crippen LogP contribution in [0.3, 0.4) is 0 Å². The first-order valence-electron chi connectivity index (χ1n) is 10.9. The minimum Gasteiger partial charge on any atom is -0.465 e. The van der Waals surface area contributed by atoms with Gasteiger partial charge in [0.15, 0.2) is 0 Å². The lowest BCUT2D eigenvalue weighted by molar-refractivity contribution is -0.122. The van der Waals surface area contributed by atoms with Gasteiger partial charge >= 0.3 is 12.2 Å². The summed E-state index contributed by atoms with van der Waals surface area (Å²) in [5.41, 5.74) is 1.80. The second-order valence-corrected chi connectivity index (χ2v) is 7.73. The number of rotatable bonds is 14. The molecule has 10 nitrogen and oxygen atoms in total. The van der Waals surface area contributed by atoms with Crippen LogP contribution in [0.15, 0.2) is 60.7 Å². The average molecular weight is 471 g/mol. The van der Waals surface area contributed by atoms with E-state index in [2.05, 4.69) is 16.0 Å². The molecule has 2 unspecified atom stereocenters. The van der Waals surface area contributed by atoms with Crippen molar-refractivity contribution in [2.75, 3.05) is 6.54 Å². The van der Waals surface area contributed by atoms with Gasteiger partial charge in [-0.25, -0.2) is 9.59 Å². The van der Waals surface area contributed by atoms with Crippen molar-refractivity contribution in [3.63, 3.8) is 0 Å². The number of carboxylic acid groups (broad SMARTS) is 2. The van der Waals surface area contributed by atoms with Crippen LogP contribution in [0.4, 0.5) is 9.59 Å². The number of aldehydes is 1. The van der Waals surface area contributed by atoms with Crippen LogP contribution in [-0.4, -0.2) is 59.4 Å². The molecule has 0 saturated heterocycles. The zero-order chi connectivity index (χ0) is 24.8. The van der Waals surface area contributed by atoms with E-state index in [-0.39, 0.29) is 12.5 Å². The van der Waals surface area contributed by atoms with Crippen LogP contribution < -0.4 is 21.3 Å². The normalized spacial score (nSPS) is 13.3. The summed E-state index contributed by atoms with van der Waals surface area (Å²) in [4.78, 5) is 46.1. The van der Waals surface area contributed by atoms with Crippen molar-refractivity contribution >= 4 is 24.4 Å². The molecule has 2 aromatic rings. The Morgan fingerprint density at radius 1 is 0.853 bits per heavy atom. The summed E-state index contributed by atoms with van der Waals surface area (Å²) in [5, 5.41) is 28.3. The molecule has 3 amide bonds. The van der Waals surface area contributed by atoms with E-state index in [0.717, 1.165) is 17.4 Å². The molecule has 0 radical (unpaired) electrons. The zero-order valence-corrected chi connectivity index (χ0v) is 18.6. The number of hydrogen-bond donors (Lipinski definition) is 6. The van der Waals surface area contributed by atoms with E-state index in [0.29, 0.717) is 25.8 Å². The molecule has 3 atom stereocenters. The van der Waals surface area contributed by atoms with Crippen molar-refractivity contribution in [2.45, 2.75) is 43.9 Å². The lowest BCUT2D eigenvalue weighted by Crippen LogP contribution is -2.55. The fraction of sp³-hybridized carbons (Fsp3) is 0.333. The lowest BCUT2D eigenvalue weighted by atomic mass is 10.0. The van der Waals surface area contributed by atoms with E-state index in [1.807, 2.05) is 41.7 Å². The van der Waals surface area contributed by atoms with E-state index in [1.54, 1.807) is 24.3 Å². The topological polar surface area (TPSA) is 157 Å². The average Bonchev–Trinajstić information content (AvgIpc) is 2.81. The van der Waals surface area contributed by atoms with Crippen molar-refractivity contribution < 1.29 is 29.4 Å². The van der Waals surface area contributed by atoms with Gasteiger partial charge in [0.2, 0.25) is 5.91 Å². The summed E-state index contributed by atoms with van der Waals surface area (Å²) in [6, 6.07) is 17.2. The molecule has 0 aromatic heterocycles. The molecule has 0 fully saturated rings. The highest BCUT2D eigenvalue weighted by Gasteiger charge is 2.25. The SMILES string of the molecule is O=CC(Cc1ccccc1)NCCCC(NC(=O)O)N[C@@H](Cc1ccccc1)C(=O)NC(=O)O. The molecule has 182 valence electrons. The molecule has 10 heteroatoms. The summed E-state index contributed by atoms with van der Waals surface area (Å²) in [7, 11) is 0. The third kappa shape index (κ3) is 10.2. The number of benzene rings is 2. The zero-order valence-electron chi connectivity index (χ0n) is 18.6. The second kappa shape index (κ2) is 14.4. The standard InChI is InChI=1S/C24H30N4O6/c29-16-19(14-17-8-3-1-4-9-17)25-13-7-12-21(27-23(31)32)26-20(22(30)28-24(33)34)15-18-10-5-2-6-11-18/h1-6,8-11,16,19-21,25-27H,7,12-15H2,(H,28,30)(H,31,32)(H,33,34)/t19?,20-,21?/m0/s1. The van der Waals surface area contributed by atoms with Crippen molar-refractivity contribution in [3.05, 3.63) is 71.8 Å². The van der Waals surface area contributed by atoms with E-state index in [1.165, 1.54) is 0 Å². The first-order valence-corrected chi connectivity index (χ1v) is 10.9. The predicted molar refractivity (Wildman–Crippen MR) is 125 cm³/mol. The molecule has 0 aliphatic carbocycles. The van der Waals surface area contributed by atoms with Gasteiger partial charge in [-0.2, -0.15) is 0 Å². The number of carbonyl (C=O) groups is 4. The Bertz CT molecular complexity index is 926. The van der Waals surface area contributed by atoms with Crippen LogP contribution in [0.1, 0.15) is 24.0 Å². The smallest absolute Gasteiger partial charge is 0.411 e. The van der Waals surface area contributed by atoms with E-state index < -0.39 is 30.3 Å². The molecule has 0 bridgehead atoms. The molecule has 2 aromatic carbocycles. The van der Waals surface area contributed by atoms with E-state index in [4.69, 9.17) is 5.11 Å². The van der Waals surface area contributed by atoms with Gasteiger partial charge in [0.1, 0.15) is 6.29 Å². The van der Waals surface area contributed by atoms with Crippen LogP contribution in [-0.2, 0) is 22.4 Å². The van der Waals surface area contributed by atoms with Crippen LogP contribution >= 0.6 is 0 Å². The van der Waals surface area contributed by atoms with Crippen molar-refractivity contribution in [3.8, 4) is 0 Å². The second-order valence-electron chi connectivity index (χ2n) is 7.73. The van der Waals surface area contributed by atoms with Gasteiger partial charge in [0.05, 0.1) is 18.2 Å². The fourth-order valence-corrected chi connectivity index (χ4v) is 3.49. The molecular weight excluding hydrogens is 440 g/mol. The van der Waals surface area contributed by atoms with E-state index in [9.17, 15) is 24.3 Å². The summed E-state index contributed by atoms with van der Waals surface area (Å²) in [6.45, 7) is 0.445. The third-order valence-electron chi connectivity index (χ3n) is 5.07. The number of carbonyl (C=O) groups excluding carboxylic acids is 2. The fourth-order valence-electron chi connectivity index (χ4n) is 3.49. The molecule has 0 aliphatic heterocycles. The number of nitrogens with one attached hydrogen (secondary N) is 4. The first-order chi connectivity index (χ1) is 16.4. The highest BCUT2D eigenvalue weighted by atomic mass is 16.4. The van der Waals surface area contributed by atoms with Gasteiger partial charge < -0.3 is 25.6 Å². The summed E-state index contributed by atoms with van der Waals surface area (Å²) in [5.74, 6) is -0.782. The minimum absolute atomic E-state index is 0.167. The van der Waals surface area contributed by atoms with Crippen LogP contribution in [0.25, 0.3) is 0 Å². The molecule has 0 heterocycles. The molecule has 0 spiro atoms. The summed E-state index contributed by atoms with van der Waals surface area (Å²) < 4.78 is 0. The monoisotopic (exact) mass is 470 g/mol. The van der Waals surface area contributed by atoms with Crippen LogP contribution in [0.2, 0.25) is 0 Å². The maximum Gasteiger partial charge on any atom is 0.411 e. The molecule has 34 heavy (non-hydrogen) atoms. The molecule has 0 aliphatic rings. The third-order valence-corrected chi connectivity index (χ3v) is 5.07. The van der Waals surface area contributed by atoms with E-state index >= 15 is 0 Å². The van der Waals surface area contributed by atoms with Gasteiger partial charge in [-0.15, -0.1) is 0 Å². The van der Waals surface area contributed by atoms with Gasteiger partial charge in [-0.3, -0.25) is 15.4 Å². The Balaban J connectivity index is 1.95. The first kappa shape index (κ1) is 26.5. The van der Waals surface area contributed by atoms with Crippen LogP contribution in [0.5, 0.6) is 0 Å². The maximum atomic E-state index is 12.4. The highest BCUT2D eigenvalue weighted by molar-refractivity contribution is 5.94. The molecule has 0 saturated carbocycles. The van der Waals surface area contributed by atoms with Gasteiger partial charge in [0, 0.05) is 0 Å². The number of amides is 3. The number of hydrogen-bond acceptors (Lipinski definition) is 6. The van der Waals surface area contributed by atoms with Gasteiger partial charge in [-0.1, -0.05) is 60.7 Å². The van der Waals surface area contributed by atoms with Crippen molar-refractivity contribution in [2.24, 2.45) is 0 Å². The maximum absolute atomic E-state index is 12.4. The van der Waals surface area contributed by atoms with Gasteiger partial charge in [-0.05, 0) is 43.4 Å².